The number of hydrogen-bond donors (Lipinski definition) is 2. The Hall–Kier alpha value is -1.37. The molecule has 0 bridgehead atoms. The van der Waals surface area contributed by atoms with Crippen LogP contribution in [0.25, 0.3) is 0 Å². The molecule has 2 nitrogen and oxygen atoms in total. The second-order valence-corrected chi connectivity index (χ2v) is 5.13. The van der Waals surface area contributed by atoms with E-state index in [4.69, 9.17) is 5.73 Å². The third-order valence-corrected chi connectivity index (χ3v) is 3.32. The third kappa shape index (κ3) is 2.55. The molecule has 2 aromatic rings. The van der Waals surface area contributed by atoms with Crippen LogP contribution in [0.15, 0.2) is 30.3 Å². The van der Waals surface area contributed by atoms with Gasteiger partial charge in [0, 0.05) is 9.13 Å². The Kier molecular flexibility index (Phi) is 3.70. The first-order valence-corrected chi connectivity index (χ1v) is 6.33. The summed E-state index contributed by atoms with van der Waals surface area (Å²) >= 11 is 2.03. The van der Waals surface area contributed by atoms with E-state index in [2.05, 4.69) is 5.32 Å². The molecule has 0 spiro atoms. The molecular weight excluding hydrogens is 349 g/mol. The Morgan fingerprint density at radius 2 is 1.72 bits per heavy atom. The van der Waals surface area contributed by atoms with Gasteiger partial charge in [-0.2, -0.15) is 0 Å². The normalized spacial score (nSPS) is 10.4. The summed E-state index contributed by atoms with van der Waals surface area (Å²) in [5, 5.41) is 2.87. The van der Waals surface area contributed by atoms with Crippen molar-refractivity contribution in [2.24, 2.45) is 0 Å². The van der Waals surface area contributed by atoms with E-state index in [1.807, 2.05) is 22.6 Å². The first-order valence-electron chi connectivity index (χ1n) is 5.25. The van der Waals surface area contributed by atoms with E-state index in [1.165, 1.54) is 18.2 Å². The van der Waals surface area contributed by atoms with Crippen LogP contribution in [0.4, 0.5) is 25.8 Å². The van der Waals surface area contributed by atoms with Crippen molar-refractivity contribution in [1.29, 1.82) is 0 Å². The van der Waals surface area contributed by atoms with Gasteiger partial charge in [0.05, 0.1) is 17.1 Å². The molecule has 0 aliphatic carbocycles. The topological polar surface area (TPSA) is 38.0 Å². The van der Waals surface area contributed by atoms with Crippen LogP contribution in [0.1, 0.15) is 5.56 Å². The quantitative estimate of drug-likeness (QED) is 0.622. The lowest BCUT2D eigenvalue weighted by Gasteiger charge is -2.12. The number of hydrogen-bond acceptors (Lipinski definition) is 2. The van der Waals surface area contributed by atoms with E-state index in [0.717, 1.165) is 3.57 Å². The van der Waals surface area contributed by atoms with Gasteiger partial charge in [-0.1, -0.05) is 0 Å². The summed E-state index contributed by atoms with van der Waals surface area (Å²) in [7, 11) is 0. The summed E-state index contributed by atoms with van der Waals surface area (Å²) in [5.74, 6) is -0.746. The number of rotatable bonds is 2. The van der Waals surface area contributed by atoms with E-state index in [1.54, 1.807) is 19.1 Å². The molecule has 2 rings (SSSR count). The molecule has 0 aliphatic heterocycles. The molecule has 0 unspecified atom stereocenters. The number of nitrogens with one attached hydrogen (secondary N) is 1. The van der Waals surface area contributed by atoms with Gasteiger partial charge in [-0.25, -0.2) is 8.78 Å². The molecule has 3 N–H and O–H groups in total. The van der Waals surface area contributed by atoms with E-state index >= 15 is 0 Å². The molecule has 0 saturated carbocycles. The zero-order valence-corrected chi connectivity index (χ0v) is 11.8. The molecule has 94 valence electrons. The minimum Gasteiger partial charge on any atom is -0.397 e. The highest BCUT2D eigenvalue weighted by atomic mass is 127. The molecule has 5 heteroatoms. The monoisotopic (exact) mass is 360 g/mol. The van der Waals surface area contributed by atoms with Gasteiger partial charge >= 0.3 is 0 Å². The highest BCUT2D eigenvalue weighted by molar-refractivity contribution is 14.1. The SMILES string of the molecule is Cc1c(F)ccc(Nc2ccc(I)cc2F)c1N. The third-order valence-electron chi connectivity index (χ3n) is 2.65. The number of benzene rings is 2. The lowest BCUT2D eigenvalue weighted by atomic mass is 10.1. The standard InChI is InChI=1S/C13H11F2IN2/c1-7-9(14)3-5-12(13(7)17)18-11-4-2-8(16)6-10(11)15/h2-6,18H,17H2,1H3. The fourth-order valence-corrected chi connectivity index (χ4v) is 2.00. The van der Waals surface area contributed by atoms with Crippen molar-refractivity contribution in [2.45, 2.75) is 6.92 Å². The van der Waals surface area contributed by atoms with Crippen LogP contribution in [0, 0.1) is 22.1 Å². The molecule has 0 radical (unpaired) electrons. The van der Waals surface area contributed by atoms with Crippen molar-refractivity contribution in [3.8, 4) is 0 Å². The molecule has 0 saturated heterocycles. The second-order valence-electron chi connectivity index (χ2n) is 3.88. The van der Waals surface area contributed by atoms with E-state index in [-0.39, 0.29) is 17.3 Å². The minimum atomic E-state index is -0.374. The van der Waals surface area contributed by atoms with E-state index in [0.29, 0.717) is 16.9 Å². The van der Waals surface area contributed by atoms with Crippen molar-refractivity contribution in [1.82, 2.24) is 0 Å². The fourth-order valence-electron chi connectivity index (χ4n) is 1.55. The fraction of sp³-hybridized carbons (Fsp3) is 0.0769. The van der Waals surface area contributed by atoms with Crippen LogP contribution in [0.2, 0.25) is 0 Å². The van der Waals surface area contributed by atoms with Crippen molar-refractivity contribution in [3.63, 3.8) is 0 Å². The Bertz CT molecular complexity index is 600. The summed E-state index contributed by atoms with van der Waals surface area (Å²) in [5.41, 5.74) is 7.23. The van der Waals surface area contributed by atoms with Gasteiger partial charge in [0.1, 0.15) is 11.6 Å². The number of nitrogens with two attached hydrogens (primary N) is 1. The zero-order chi connectivity index (χ0) is 13.3. The Morgan fingerprint density at radius 3 is 2.39 bits per heavy atom. The summed E-state index contributed by atoms with van der Waals surface area (Å²) in [6.45, 7) is 1.58. The summed E-state index contributed by atoms with van der Waals surface area (Å²) < 4.78 is 27.7. The summed E-state index contributed by atoms with van der Waals surface area (Å²) in [6.07, 6.45) is 0. The summed E-state index contributed by atoms with van der Waals surface area (Å²) in [6, 6.07) is 7.61. The van der Waals surface area contributed by atoms with Crippen LogP contribution < -0.4 is 11.1 Å². The predicted octanol–water partition coefficient (Wildman–Crippen LogP) is 4.20. The van der Waals surface area contributed by atoms with E-state index in [9.17, 15) is 8.78 Å². The van der Waals surface area contributed by atoms with Crippen LogP contribution in [-0.4, -0.2) is 0 Å². The van der Waals surface area contributed by atoms with Crippen molar-refractivity contribution in [3.05, 3.63) is 51.1 Å². The van der Waals surface area contributed by atoms with Crippen molar-refractivity contribution in [2.75, 3.05) is 11.1 Å². The molecule has 2 aromatic carbocycles. The molecule has 0 atom stereocenters. The van der Waals surface area contributed by atoms with Gasteiger partial charge in [-0.05, 0) is 59.8 Å². The molecule has 0 aliphatic rings. The predicted molar refractivity (Wildman–Crippen MR) is 77.9 cm³/mol. The minimum absolute atomic E-state index is 0.285. The van der Waals surface area contributed by atoms with Gasteiger partial charge in [0.15, 0.2) is 0 Å². The van der Waals surface area contributed by atoms with Gasteiger partial charge in [-0.3, -0.25) is 0 Å². The molecule has 0 heterocycles. The highest BCUT2D eigenvalue weighted by Gasteiger charge is 2.09. The number of anilines is 3. The van der Waals surface area contributed by atoms with Gasteiger partial charge in [-0.15, -0.1) is 0 Å². The molecule has 0 fully saturated rings. The first-order chi connectivity index (χ1) is 8.49. The highest BCUT2D eigenvalue weighted by Crippen LogP contribution is 2.29. The zero-order valence-electron chi connectivity index (χ0n) is 9.60. The largest absolute Gasteiger partial charge is 0.397 e. The molecule has 0 amide bonds. The number of halogens is 3. The van der Waals surface area contributed by atoms with Crippen LogP contribution in [0.5, 0.6) is 0 Å². The molecular formula is C13H11F2IN2. The maximum absolute atomic E-state index is 13.7. The Morgan fingerprint density at radius 1 is 1.06 bits per heavy atom. The average molecular weight is 360 g/mol. The van der Waals surface area contributed by atoms with Crippen molar-refractivity contribution < 1.29 is 8.78 Å². The van der Waals surface area contributed by atoms with Gasteiger partial charge < -0.3 is 11.1 Å². The second kappa shape index (κ2) is 5.09. The molecule has 0 aromatic heterocycles. The van der Waals surface area contributed by atoms with Crippen LogP contribution in [-0.2, 0) is 0 Å². The Balaban J connectivity index is 2.37. The van der Waals surface area contributed by atoms with Crippen molar-refractivity contribution >= 4 is 39.7 Å². The van der Waals surface area contributed by atoms with Gasteiger partial charge in [0.25, 0.3) is 0 Å². The van der Waals surface area contributed by atoms with Crippen LogP contribution >= 0.6 is 22.6 Å². The maximum atomic E-state index is 13.7. The summed E-state index contributed by atoms with van der Waals surface area (Å²) in [4.78, 5) is 0. The number of nitrogen functional groups attached to an aromatic ring is 1. The smallest absolute Gasteiger partial charge is 0.147 e. The molecule has 18 heavy (non-hydrogen) atoms. The lowest BCUT2D eigenvalue weighted by molar-refractivity contribution is 0.619. The average Bonchev–Trinajstić information content (AvgIpc) is 2.33. The Labute approximate surface area is 117 Å². The van der Waals surface area contributed by atoms with E-state index < -0.39 is 0 Å². The maximum Gasteiger partial charge on any atom is 0.147 e. The van der Waals surface area contributed by atoms with Gasteiger partial charge in [0.2, 0.25) is 0 Å². The van der Waals surface area contributed by atoms with Crippen LogP contribution in [0.3, 0.4) is 0 Å². The first kappa shape index (κ1) is 13.1. The lowest BCUT2D eigenvalue weighted by Crippen LogP contribution is -2.01.